The maximum Gasteiger partial charge on any atom is 0.271 e. The van der Waals surface area contributed by atoms with Gasteiger partial charge in [0.1, 0.15) is 0 Å². The summed E-state index contributed by atoms with van der Waals surface area (Å²) in [5, 5.41) is 11.4. The summed E-state index contributed by atoms with van der Waals surface area (Å²) in [7, 11) is 0. The summed E-state index contributed by atoms with van der Waals surface area (Å²) in [4.78, 5) is 26.5. The first-order valence-electron chi connectivity index (χ1n) is 10.4. The molecule has 0 radical (unpaired) electrons. The van der Waals surface area contributed by atoms with E-state index in [4.69, 9.17) is 9.47 Å². The van der Waals surface area contributed by atoms with Crippen LogP contribution in [0.2, 0.25) is 0 Å². The number of non-ortho nitro benzene ring substituents is 1. The van der Waals surface area contributed by atoms with Crippen LogP contribution in [-0.4, -0.2) is 35.9 Å². The molecular weight excluding hydrogens is 511 g/mol. The van der Waals surface area contributed by atoms with Gasteiger partial charge in [-0.1, -0.05) is 32.0 Å². The smallest absolute Gasteiger partial charge is 0.271 e. The van der Waals surface area contributed by atoms with E-state index < -0.39 is 16.8 Å². The number of carbonyl (C=O) groups is 1. The van der Waals surface area contributed by atoms with Crippen molar-refractivity contribution in [2.45, 2.75) is 52.4 Å². The topological polar surface area (TPSA) is 81.9 Å². The molecule has 8 heteroatoms. The Labute approximate surface area is 197 Å². The van der Waals surface area contributed by atoms with E-state index in [9.17, 15) is 14.9 Å². The second-order valence-electron chi connectivity index (χ2n) is 6.98. The Morgan fingerprint density at radius 2 is 1.65 bits per heavy atom. The van der Waals surface area contributed by atoms with Crippen molar-refractivity contribution < 1.29 is 19.2 Å². The lowest BCUT2D eigenvalue weighted by atomic mass is 9.87. The van der Waals surface area contributed by atoms with Gasteiger partial charge < -0.3 is 9.47 Å². The van der Waals surface area contributed by atoms with Crippen LogP contribution in [0.25, 0.3) is 0 Å². The maximum absolute atomic E-state index is 13.9. The lowest BCUT2D eigenvalue weighted by Gasteiger charge is -2.47. The van der Waals surface area contributed by atoms with Crippen LogP contribution >= 0.6 is 22.6 Å². The van der Waals surface area contributed by atoms with E-state index in [2.05, 4.69) is 0 Å². The number of amides is 1. The highest BCUT2D eigenvalue weighted by Crippen LogP contribution is 2.37. The lowest BCUT2D eigenvalue weighted by molar-refractivity contribution is -0.385. The number of rotatable bonds is 11. The largest absolute Gasteiger partial charge is 0.350 e. The number of hydrogen-bond acceptors (Lipinski definition) is 5. The highest BCUT2D eigenvalue weighted by Gasteiger charge is 2.46. The molecule has 0 unspecified atom stereocenters. The number of benzene rings is 2. The molecular formula is C23H29IN2O5. The standard InChI is InChI=1S/C23H29IN2O5/c1-5-23(6-2,22(30-7-3)31-8-4)25(19-12-10-9-11-13-19)21(27)17-14-18(24)16-20(15-17)26(28)29/h9-16,22H,5-8H2,1-4H3. The molecule has 7 nitrogen and oxygen atoms in total. The van der Waals surface area contributed by atoms with Crippen molar-refractivity contribution in [3.63, 3.8) is 0 Å². The fourth-order valence-electron chi connectivity index (χ4n) is 3.75. The summed E-state index contributed by atoms with van der Waals surface area (Å²) in [6, 6.07) is 13.7. The number of ether oxygens (including phenoxy) is 2. The Bertz CT molecular complexity index is 881. The quantitative estimate of drug-likeness (QED) is 0.156. The summed E-state index contributed by atoms with van der Waals surface area (Å²) >= 11 is 1.99. The summed E-state index contributed by atoms with van der Waals surface area (Å²) in [5.74, 6) is -0.332. The highest BCUT2D eigenvalue weighted by molar-refractivity contribution is 14.1. The summed E-state index contributed by atoms with van der Waals surface area (Å²) < 4.78 is 12.6. The fraction of sp³-hybridized carbons (Fsp3) is 0.435. The first-order valence-corrected chi connectivity index (χ1v) is 11.5. The Kier molecular flexibility index (Phi) is 9.39. The minimum absolute atomic E-state index is 0.118. The van der Waals surface area contributed by atoms with Gasteiger partial charge in [0.05, 0.1) is 10.5 Å². The molecule has 0 fully saturated rings. The summed E-state index contributed by atoms with van der Waals surface area (Å²) in [5.41, 5.74) is 0.0103. The van der Waals surface area contributed by atoms with Crippen molar-refractivity contribution in [1.82, 2.24) is 0 Å². The average Bonchev–Trinajstić information content (AvgIpc) is 2.77. The molecule has 0 heterocycles. The van der Waals surface area contributed by atoms with Gasteiger partial charge in [-0.05, 0) is 67.5 Å². The molecule has 31 heavy (non-hydrogen) atoms. The zero-order valence-electron chi connectivity index (χ0n) is 18.3. The fourth-order valence-corrected chi connectivity index (χ4v) is 4.41. The van der Waals surface area contributed by atoms with E-state index in [-0.39, 0.29) is 17.2 Å². The third kappa shape index (κ3) is 5.61. The minimum Gasteiger partial charge on any atom is -0.350 e. The predicted octanol–water partition coefficient (Wildman–Crippen LogP) is 5.80. The van der Waals surface area contributed by atoms with Crippen LogP contribution in [0.4, 0.5) is 11.4 Å². The van der Waals surface area contributed by atoms with Crippen LogP contribution in [0.1, 0.15) is 50.9 Å². The second kappa shape index (κ2) is 11.5. The Morgan fingerprint density at radius 1 is 1.06 bits per heavy atom. The molecule has 0 bridgehead atoms. The van der Waals surface area contributed by atoms with Crippen LogP contribution in [-0.2, 0) is 9.47 Å². The normalized spacial score (nSPS) is 11.5. The second-order valence-corrected chi connectivity index (χ2v) is 8.23. The first kappa shape index (κ1) is 25.2. The van der Waals surface area contributed by atoms with Crippen LogP contribution in [0.15, 0.2) is 48.5 Å². The first-order chi connectivity index (χ1) is 14.8. The van der Waals surface area contributed by atoms with Crippen LogP contribution in [0.5, 0.6) is 0 Å². The van der Waals surface area contributed by atoms with Crippen molar-refractivity contribution >= 4 is 39.9 Å². The minimum atomic E-state index is -0.805. The summed E-state index contributed by atoms with van der Waals surface area (Å²) in [6.45, 7) is 8.62. The van der Waals surface area contributed by atoms with Crippen molar-refractivity contribution in [1.29, 1.82) is 0 Å². The molecule has 0 saturated carbocycles. The number of nitrogens with zero attached hydrogens (tertiary/aromatic N) is 2. The van der Waals surface area contributed by atoms with Crippen LogP contribution < -0.4 is 4.90 Å². The van der Waals surface area contributed by atoms with Gasteiger partial charge in [0.15, 0.2) is 6.29 Å². The van der Waals surface area contributed by atoms with Gasteiger partial charge in [-0.25, -0.2) is 0 Å². The molecule has 168 valence electrons. The van der Waals surface area contributed by atoms with Crippen molar-refractivity contribution in [2.24, 2.45) is 0 Å². The van der Waals surface area contributed by atoms with E-state index in [0.717, 1.165) is 0 Å². The third-order valence-electron chi connectivity index (χ3n) is 5.30. The molecule has 0 atom stereocenters. The highest BCUT2D eigenvalue weighted by atomic mass is 127. The van der Waals surface area contributed by atoms with Gasteiger partial charge in [-0.3, -0.25) is 19.8 Å². The zero-order chi connectivity index (χ0) is 23.0. The van der Waals surface area contributed by atoms with E-state index in [0.29, 0.717) is 35.3 Å². The Balaban J connectivity index is 2.72. The number of para-hydroxylation sites is 1. The number of nitro benzene ring substituents is 1. The molecule has 0 aromatic heterocycles. The van der Waals surface area contributed by atoms with Crippen molar-refractivity contribution in [3.05, 3.63) is 67.8 Å². The Morgan fingerprint density at radius 3 is 2.13 bits per heavy atom. The monoisotopic (exact) mass is 540 g/mol. The predicted molar refractivity (Wildman–Crippen MR) is 129 cm³/mol. The molecule has 2 aromatic carbocycles. The van der Waals surface area contributed by atoms with E-state index in [1.54, 1.807) is 11.0 Å². The van der Waals surface area contributed by atoms with Crippen molar-refractivity contribution in [2.75, 3.05) is 18.1 Å². The van der Waals surface area contributed by atoms with Crippen molar-refractivity contribution in [3.8, 4) is 0 Å². The van der Waals surface area contributed by atoms with Gasteiger partial charge >= 0.3 is 0 Å². The number of carbonyl (C=O) groups excluding carboxylic acids is 1. The van der Waals surface area contributed by atoms with Crippen LogP contribution in [0.3, 0.4) is 0 Å². The van der Waals surface area contributed by atoms with E-state index in [1.807, 2.05) is 80.6 Å². The molecule has 0 spiro atoms. The lowest BCUT2D eigenvalue weighted by Crippen LogP contribution is -2.60. The maximum atomic E-state index is 13.9. The van der Waals surface area contributed by atoms with Gasteiger partial charge in [0, 0.05) is 40.2 Å². The molecule has 2 rings (SSSR count). The number of hydrogen-bond donors (Lipinski definition) is 0. The SMILES string of the molecule is CCOC(OCC)C(CC)(CC)N(C(=O)c1cc(I)cc([N+](=O)[O-])c1)c1ccccc1. The molecule has 0 N–H and O–H groups in total. The van der Waals surface area contributed by atoms with Gasteiger partial charge in [0.2, 0.25) is 0 Å². The van der Waals surface area contributed by atoms with Gasteiger partial charge in [-0.15, -0.1) is 0 Å². The molecule has 1 amide bonds. The molecule has 0 aliphatic carbocycles. The molecule has 0 saturated heterocycles. The zero-order valence-corrected chi connectivity index (χ0v) is 20.5. The third-order valence-corrected chi connectivity index (χ3v) is 5.93. The number of nitro groups is 1. The molecule has 2 aromatic rings. The van der Waals surface area contributed by atoms with Gasteiger partial charge in [-0.2, -0.15) is 0 Å². The van der Waals surface area contributed by atoms with E-state index >= 15 is 0 Å². The summed E-state index contributed by atoms with van der Waals surface area (Å²) in [6.07, 6.45) is 0.487. The number of anilines is 1. The van der Waals surface area contributed by atoms with E-state index in [1.165, 1.54) is 12.1 Å². The van der Waals surface area contributed by atoms with Gasteiger partial charge in [0.25, 0.3) is 11.6 Å². The number of halogens is 1. The molecule has 0 aliphatic rings. The Hall–Kier alpha value is -2.04. The average molecular weight is 540 g/mol. The van der Waals surface area contributed by atoms with Crippen LogP contribution in [0, 0.1) is 13.7 Å². The molecule has 0 aliphatic heterocycles.